The molecular weight excluding hydrogens is 410 g/mol. The number of nitrogens with one attached hydrogen (secondary N) is 1. The zero-order valence-electron chi connectivity index (χ0n) is 16.8. The molecule has 158 valence electrons. The molecule has 1 aliphatic rings. The van der Waals surface area contributed by atoms with E-state index in [0.717, 1.165) is 24.3 Å². The quantitative estimate of drug-likeness (QED) is 0.643. The Morgan fingerprint density at radius 3 is 2.66 bits per heavy atom. The van der Waals surface area contributed by atoms with Crippen molar-refractivity contribution in [2.75, 3.05) is 44.7 Å². The van der Waals surface area contributed by atoms with Crippen molar-refractivity contribution in [2.24, 2.45) is 0 Å². The van der Waals surface area contributed by atoms with Crippen molar-refractivity contribution in [1.82, 2.24) is 9.62 Å². The first-order valence-corrected chi connectivity index (χ1v) is 12.0. The Morgan fingerprint density at radius 2 is 1.97 bits per heavy atom. The normalized spacial score (nSPS) is 15.3. The number of piperazine rings is 1. The van der Waals surface area contributed by atoms with Crippen LogP contribution in [0.1, 0.15) is 29.4 Å². The van der Waals surface area contributed by atoms with Crippen LogP contribution in [0.4, 0.5) is 5.69 Å². The summed E-state index contributed by atoms with van der Waals surface area (Å²) in [5, 5.41) is 4.47. The summed E-state index contributed by atoms with van der Waals surface area (Å²) in [6.45, 7) is 4.48. The molecule has 1 aliphatic heterocycles. The molecule has 0 atom stereocenters. The first kappa shape index (κ1) is 21.6. The highest BCUT2D eigenvalue weighted by Crippen LogP contribution is 2.28. The summed E-state index contributed by atoms with van der Waals surface area (Å²) in [6.07, 6.45) is 1.83. The van der Waals surface area contributed by atoms with Crippen LogP contribution in [0, 0.1) is 0 Å². The molecule has 1 fully saturated rings. The van der Waals surface area contributed by atoms with Gasteiger partial charge in [-0.05, 0) is 30.0 Å². The summed E-state index contributed by atoms with van der Waals surface area (Å²) in [7, 11) is -2.09. The van der Waals surface area contributed by atoms with Gasteiger partial charge < -0.3 is 15.0 Å². The van der Waals surface area contributed by atoms with E-state index in [1.165, 1.54) is 21.7 Å². The average molecular weight is 438 g/mol. The van der Waals surface area contributed by atoms with Crippen molar-refractivity contribution in [3.8, 4) is 5.75 Å². The lowest BCUT2D eigenvalue weighted by Crippen LogP contribution is -2.48. The summed E-state index contributed by atoms with van der Waals surface area (Å²) in [4.78, 5) is 14.9. The third-order valence-electron chi connectivity index (χ3n) is 4.93. The maximum absolute atomic E-state index is 13.2. The SMILES string of the molecule is CCCCNC(=O)c1sccc1S(=O)(=O)N1CCN(c2cccc(OC)c2)CC1. The highest BCUT2D eigenvalue weighted by atomic mass is 32.2. The molecule has 0 saturated carbocycles. The minimum absolute atomic E-state index is 0.103. The molecule has 2 heterocycles. The number of amides is 1. The standard InChI is InChI=1S/C20H27N3O4S2/c1-3-4-9-21-20(24)19-18(8-14-28-19)29(25,26)23-12-10-22(11-13-23)16-6-5-7-17(15-16)27-2/h5-8,14-15H,3-4,9-13H2,1-2H3,(H,21,24). The number of ether oxygens (including phenoxy) is 1. The molecule has 0 aliphatic carbocycles. The molecule has 0 unspecified atom stereocenters. The number of thiophene rings is 1. The number of nitrogens with zero attached hydrogens (tertiary/aromatic N) is 2. The van der Waals surface area contributed by atoms with Crippen LogP contribution < -0.4 is 15.0 Å². The van der Waals surface area contributed by atoms with Gasteiger partial charge in [0.05, 0.1) is 7.11 Å². The Morgan fingerprint density at radius 1 is 1.21 bits per heavy atom. The van der Waals surface area contributed by atoms with Crippen molar-refractivity contribution in [3.05, 3.63) is 40.6 Å². The number of carbonyl (C=O) groups excluding carboxylic acids is 1. The summed E-state index contributed by atoms with van der Waals surface area (Å²) >= 11 is 1.17. The topological polar surface area (TPSA) is 79.0 Å². The van der Waals surface area contributed by atoms with E-state index in [2.05, 4.69) is 10.2 Å². The first-order chi connectivity index (χ1) is 14.0. The van der Waals surface area contributed by atoms with Crippen molar-refractivity contribution in [2.45, 2.75) is 24.7 Å². The minimum Gasteiger partial charge on any atom is -0.497 e. The van der Waals surface area contributed by atoms with Crippen LogP contribution in [0.3, 0.4) is 0 Å². The van der Waals surface area contributed by atoms with E-state index < -0.39 is 10.0 Å². The van der Waals surface area contributed by atoms with Crippen molar-refractivity contribution < 1.29 is 17.9 Å². The molecule has 29 heavy (non-hydrogen) atoms. The fourth-order valence-corrected chi connectivity index (χ4v) is 6.00. The largest absolute Gasteiger partial charge is 0.497 e. The van der Waals surface area contributed by atoms with Crippen molar-refractivity contribution in [3.63, 3.8) is 0 Å². The number of rotatable bonds is 8. The van der Waals surface area contributed by atoms with E-state index in [1.54, 1.807) is 12.5 Å². The molecule has 9 heteroatoms. The Kier molecular flexibility index (Phi) is 7.15. The second-order valence-corrected chi connectivity index (χ2v) is 9.64. The number of carbonyl (C=O) groups is 1. The van der Waals surface area contributed by atoms with E-state index in [1.807, 2.05) is 31.2 Å². The summed E-state index contributed by atoms with van der Waals surface area (Å²) in [6, 6.07) is 9.27. The second-order valence-electron chi connectivity index (χ2n) is 6.82. The van der Waals surface area contributed by atoms with E-state index in [0.29, 0.717) is 32.7 Å². The molecule has 1 N–H and O–H groups in total. The highest BCUT2D eigenvalue weighted by molar-refractivity contribution is 7.89. The molecular formula is C20H27N3O4S2. The van der Waals surface area contributed by atoms with Crippen LogP contribution in [0.5, 0.6) is 5.75 Å². The number of anilines is 1. The predicted molar refractivity (Wildman–Crippen MR) is 116 cm³/mol. The Hall–Kier alpha value is -2.10. The Bertz CT molecular complexity index is 935. The van der Waals surface area contributed by atoms with Gasteiger partial charge in [0, 0.05) is 44.5 Å². The lowest BCUT2D eigenvalue weighted by Gasteiger charge is -2.35. The van der Waals surface area contributed by atoms with Crippen LogP contribution in [-0.4, -0.2) is 58.5 Å². The average Bonchev–Trinajstić information content (AvgIpc) is 3.25. The van der Waals surface area contributed by atoms with Crippen LogP contribution >= 0.6 is 11.3 Å². The second kappa shape index (κ2) is 9.60. The van der Waals surface area contributed by atoms with E-state index >= 15 is 0 Å². The third kappa shape index (κ3) is 4.91. The van der Waals surface area contributed by atoms with Crippen molar-refractivity contribution in [1.29, 1.82) is 0 Å². The smallest absolute Gasteiger partial charge is 0.262 e. The molecule has 1 saturated heterocycles. The molecule has 0 spiro atoms. The lowest BCUT2D eigenvalue weighted by molar-refractivity contribution is 0.0954. The maximum atomic E-state index is 13.2. The minimum atomic E-state index is -3.71. The van der Waals surface area contributed by atoms with Gasteiger partial charge in [0.2, 0.25) is 10.0 Å². The van der Waals surface area contributed by atoms with Crippen LogP contribution in [-0.2, 0) is 10.0 Å². The highest BCUT2D eigenvalue weighted by Gasteiger charge is 2.32. The maximum Gasteiger partial charge on any atom is 0.262 e. The van der Waals surface area contributed by atoms with Gasteiger partial charge in [0.25, 0.3) is 5.91 Å². The molecule has 1 aromatic heterocycles. The number of sulfonamides is 1. The third-order valence-corrected chi connectivity index (χ3v) is 7.91. The van der Waals surface area contributed by atoms with Gasteiger partial charge in [0.15, 0.2) is 0 Å². The molecule has 7 nitrogen and oxygen atoms in total. The van der Waals surface area contributed by atoms with Gasteiger partial charge in [-0.25, -0.2) is 8.42 Å². The monoisotopic (exact) mass is 437 g/mol. The van der Waals surface area contributed by atoms with Gasteiger partial charge in [-0.3, -0.25) is 4.79 Å². The molecule has 2 aromatic rings. The van der Waals surface area contributed by atoms with Gasteiger partial charge >= 0.3 is 0 Å². The molecule has 0 bridgehead atoms. The van der Waals surface area contributed by atoms with Gasteiger partial charge in [0.1, 0.15) is 15.5 Å². The van der Waals surface area contributed by atoms with Crippen molar-refractivity contribution >= 4 is 33.0 Å². The van der Waals surface area contributed by atoms with E-state index in [9.17, 15) is 13.2 Å². The van der Waals surface area contributed by atoms with Gasteiger partial charge in [-0.1, -0.05) is 19.4 Å². The summed E-state index contributed by atoms with van der Waals surface area (Å²) < 4.78 is 33.1. The molecule has 3 rings (SSSR count). The zero-order valence-corrected chi connectivity index (χ0v) is 18.4. The van der Waals surface area contributed by atoms with Crippen LogP contribution in [0.25, 0.3) is 0 Å². The van der Waals surface area contributed by atoms with Crippen LogP contribution in [0.15, 0.2) is 40.6 Å². The van der Waals surface area contributed by atoms with E-state index in [4.69, 9.17) is 4.74 Å². The summed E-state index contributed by atoms with van der Waals surface area (Å²) in [5.74, 6) is 0.455. The molecule has 0 radical (unpaired) electrons. The number of methoxy groups -OCH3 is 1. The zero-order chi connectivity index (χ0) is 20.9. The number of hydrogen-bond acceptors (Lipinski definition) is 6. The molecule has 1 amide bonds. The summed E-state index contributed by atoms with van der Waals surface area (Å²) in [5.41, 5.74) is 1.01. The Labute approximate surface area is 176 Å². The number of unbranched alkanes of at least 4 members (excludes halogenated alkanes) is 1. The lowest BCUT2D eigenvalue weighted by atomic mass is 10.2. The first-order valence-electron chi connectivity index (χ1n) is 9.72. The fourth-order valence-electron chi connectivity index (χ4n) is 3.26. The van der Waals surface area contributed by atoms with Gasteiger partial charge in [-0.2, -0.15) is 4.31 Å². The molecule has 1 aromatic carbocycles. The number of benzene rings is 1. The van der Waals surface area contributed by atoms with Gasteiger partial charge in [-0.15, -0.1) is 11.3 Å². The van der Waals surface area contributed by atoms with E-state index in [-0.39, 0.29) is 15.7 Å². The Balaban J connectivity index is 1.69. The fraction of sp³-hybridized carbons (Fsp3) is 0.450. The predicted octanol–water partition coefficient (Wildman–Crippen LogP) is 2.80. The van der Waals surface area contributed by atoms with Crippen LogP contribution in [0.2, 0.25) is 0 Å². The number of hydrogen-bond donors (Lipinski definition) is 1.